The Kier molecular flexibility index (Phi) is 5.19. The van der Waals surface area contributed by atoms with Crippen molar-refractivity contribution in [3.8, 4) is 16.9 Å². The molecule has 1 aliphatic rings. The van der Waals surface area contributed by atoms with Crippen molar-refractivity contribution >= 4 is 21.1 Å². The van der Waals surface area contributed by atoms with Gasteiger partial charge in [-0.3, -0.25) is 0 Å². The van der Waals surface area contributed by atoms with Gasteiger partial charge in [-0.1, -0.05) is 24.3 Å². The van der Waals surface area contributed by atoms with Crippen LogP contribution in [-0.2, 0) is 10.0 Å². The highest BCUT2D eigenvalue weighted by molar-refractivity contribution is 7.89. The van der Waals surface area contributed by atoms with E-state index in [9.17, 15) is 12.8 Å². The van der Waals surface area contributed by atoms with Crippen LogP contribution in [0.3, 0.4) is 0 Å². The molecule has 1 fully saturated rings. The number of rotatable bonds is 5. The molecule has 4 aromatic rings. The number of oxazole rings is 1. The molecule has 0 amide bonds. The first-order valence-electron chi connectivity index (χ1n) is 10.3. The topological polar surface area (TPSA) is 72.6 Å². The summed E-state index contributed by atoms with van der Waals surface area (Å²) in [5, 5.41) is 0. The molecule has 1 saturated heterocycles. The number of nitrogens with zero attached hydrogens (tertiary/aromatic N) is 2. The van der Waals surface area contributed by atoms with E-state index in [1.807, 2.05) is 0 Å². The molecule has 0 aliphatic carbocycles. The molecule has 0 bridgehead atoms. The number of sulfonamides is 1. The molecule has 2 heterocycles. The maximum atomic E-state index is 14.2. The maximum Gasteiger partial charge on any atom is 0.243 e. The summed E-state index contributed by atoms with van der Waals surface area (Å²) in [6.07, 6.45) is 1.32. The minimum atomic E-state index is -3.73. The van der Waals surface area contributed by atoms with Gasteiger partial charge in [-0.2, -0.15) is 4.31 Å². The smallest absolute Gasteiger partial charge is 0.243 e. The van der Waals surface area contributed by atoms with E-state index < -0.39 is 16.1 Å². The molecule has 8 heteroatoms. The summed E-state index contributed by atoms with van der Waals surface area (Å²) in [5.74, 6) is 0.620. The van der Waals surface area contributed by atoms with Crippen LogP contribution < -0.4 is 4.74 Å². The molecule has 0 N–H and O–H groups in total. The van der Waals surface area contributed by atoms with Crippen molar-refractivity contribution in [3.63, 3.8) is 0 Å². The lowest BCUT2D eigenvalue weighted by Crippen LogP contribution is -2.30. The van der Waals surface area contributed by atoms with Crippen molar-refractivity contribution in [2.75, 3.05) is 13.7 Å². The third-order valence-electron chi connectivity index (χ3n) is 5.74. The Hall–Kier alpha value is -3.23. The fourth-order valence-electron chi connectivity index (χ4n) is 4.11. The second-order valence-electron chi connectivity index (χ2n) is 7.66. The first-order chi connectivity index (χ1) is 15.5. The van der Waals surface area contributed by atoms with Gasteiger partial charge in [-0.25, -0.2) is 17.8 Å². The second kappa shape index (κ2) is 8.03. The Morgan fingerprint density at radius 2 is 1.88 bits per heavy atom. The Morgan fingerprint density at radius 1 is 1.09 bits per heavy atom. The Balaban J connectivity index is 1.49. The maximum absolute atomic E-state index is 14.2. The number of ether oxygens (including phenoxy) is 1. The third-order valence-corrected chi connectivity index (χ3v) is 7.67. The summed E-state index contributed by atoms with van der Waals surface area (Å²) < 4.78 is 53.3. The first-order valence-corrected chi connectivity index (χ1v) is 11.7. The van der Waals surface area contributed by atoms with Crippen LogP contribution in [0.1, 0.15) is 24.8 Å². The van der Waals surface area contributed by atoms with Gasteiger partial charge in [0.05, 0.1) is 12.0 Å². The lowest BCUT2D eigenvalue weighted by Gasteiger charge is -2.21. The van der Waals surface area contributed by atoms with Crippen LogP contribution in [-0.4, -0.2) is 31.4 Å². The fourth-order valence-corrected chi connectivity index (χ4v) is 5.76. The van der Waals surface area contributed by atoms with Crippen molar-refractivity contribution in [2.24, 2.45) is 0 Å². The minimum absolute atomic E-state index is 0.197. The highest BCUT2D eigenvalue weighted by Crippen LogP contribution is 2.38. The molecule has 164 valence electrons. The summed E-state index contributed by atoms with van der Waals surface area (Å²) >= 11 is 0. The first kappa shape index (κ1) is 20.7. The third kappa shape index (κ3) is 3.55. The predicted molar refractivity (Wildman–Crippen MR) is 118 cm³/mol. The normalized spacial score (nSPS) is 17.1. The zero-order valence-electron chi connectivity index (χ0n) is 17.4. The summed E-state index contributed by atoms with van der Waals surface area (Å²) in [5.41, 5.74) is 2.26. The van der Waals surface area contributed by atoms with Gasteiger partial charge >= 0.3 is 0 Å². The summed E-state index contributed by atoms with van der Waals surface area (Å²) in [7, 11) is -2.19. The van der Waals surface area contributed by atoms with E-state index in [2.05, 4.69) is 4.98 Å². The molecule has 1 atom stereocenters. The zero-order valence-corrected chi connectivity index (χ0v) is 18.2. The number of methoxy groups -OCH3 is 1. The van der Waals surface area contributed by atoms with E-state index in [-0.39, 0.29) is 10.7 Å². The van der Waals surface area contributed by atoms with Gasteiger partial charge in [0, 0.05) is 12.1 Å². The van der Waals surface area contributed by atoms with Gasteiger partial charge in [-0.05, 0) is 60.9 Å². The number of aromatic nitrogens is 1. The van der Waals surface area contributed by atoms with Crippen molar-refractivity contribution < 1.29 is 22.0 Å². The number of fused-ring (bicyclic) bond motifs is 1. The molecule has 32 heavy (non-hydrogen) atoms. The van der Waals surface area contributed by atoms with Gasteiger partial charge in [0.1, 0.15) is 23.1 Å². The Bertz CT molecular complexity index is 1380. The fraction of sp³-hybridized carbons (Fsp3) is 0.208. The van der Waals surface area contributed by atoms with E-state index in [1.54, 1.807) is 48.5 Å². The van der Waals surface area contributed by atoms with E-state index in [4.69, 9.17) is 9.15 Å². The quantitative estimate of drug-likeness (QED) is 0.418. The molecule has 1 aliphatic heterocycles. The summed E-state index contributed by atoms with van der Waals surface area (Å²) in [4.78, 5) is 4.78. The van der Waals surface area contributed by atoms with Crippen molar-refractivity contribution in [1.29, 1.82) is 0 Å². The standard InChI is InChI=1S/C24H21FN2O4S/c1-30-17-9-11-18(12-10-17)32(28,29)27-14-4-7-22(27)24-26-21-15-16(8-13-23(21)31-24)19-5-2-3-6-20(19)25/h2-3,5-6,8-13,15,22H,4,7,14H2,1H3/t22-/m1/s1. The van der Waals surface area contributed by atoms with E-state index in [0.717, 1.165) is 0 Å². The average molecular weight is 453 g/mol. The summed E-state index contributed by atoms with van der Waals surface area (Å²) in [6.45, 7) is 0.387. The lowest BCUT2D eigenvalue weighted by molar-refractivity contribution is 0.337. The van der Waals surface area contributed by atoms with E-state index in [0.29, 0.717) is 53.3 Å². The van der Waals surface area contributed by atoms with Crippen LogP contribution >= 0.6 is 0 Å². The molecule has 3 aromatic carbocycles. The Labute approximate surface area is 185 Å². The molecule has 1 aromatic heterocycles. The van der Waals surface area contributed by atoms with Crippen molar-refractivity contribution in [1.82, 2.24) is 9.29 Å². The summed E-state index contributed by atoms with van der Waals surface area (Å²) in [6, 6.07) is 17.6. The lowest BCUT2D eigenvalue weighted by atomic mass is 10.0. The monoisotopic (exact) mass is 452 g/mol. The van der Waals surface area contributed by atoms with Gasteiger partial charge < -0.3 is 9.15 Å². The van der Waals surface area contributed by atoms with Crippen molar-refractivity contribution in [3.05, 3.63) is 78.4 Å². The van der Waals surface area contributed by atoms with Crippen LogP contribution in [0.25, 0.3) is 22.2 Å². The molecule has 0 spiro atoms. The molecular weight excluding hydrogens is 431 g/mol. The number of halogens is 1. The SMILES string of the molecule is COc1ccc(S(=O)(=O)N2CCC[C@@H]2c2nc3cc(-c4ccccc4F)ccc3o2)cc1. The highest BCUT2D eigenvalue weighted by atomic mass is 32.2. The molecule has 0 radical (unpaired) electrons. The van der Waals surface area contributed by atoms with Gasteiger partial charge in [0.25, 0.3) is 0 Å². The zero-order chi connectivity index (χ0) is 22.3. The molecule has 0 saturated carbocycles. The van der Waals surface area contributed by atoms with Crippen LogP contribution in [0, 0.1) is 5.82 Å². The van der Waals surface area contributed by atoms with Crippen LogP contribution in [0.4, 0.5) is 4.39 Å². The van der Waals surface area contributed by atoms with Gasteiger partial charge in [-0.15, -0.1) is 0 Å². The molecule has 0 unspecified atom stereocenters. The molecule has 6 nitrogen and oxygen atoms in total. The molecular formula is C24H21FN2O4S. The van der Waals surface area contributed by atoms with Crippen LogP contribution in [0.5, 0.6) is 5.75 Å². The average Bonchev–Trinajstić information content (AvgIpc) is 3.46. The highest BCUT2D eigenvalue weighted by Gasteiger charge is 2.39. The number of benzene rings is 3. The van der Waals surface area contributed by atoms with Gasteiger partial charge in [0.2, 0.25) is 15.9 Å². The van der Waals surface area contributed by atoms with Crippen LogP contribution in [0.15, 0.2) is 76.0 Å². The van der Waals surface area contributed by atoms with Crippen molar-refractivity contribution in [2.45, 2.75) is 23.8 Å². The number of hydrogen-bond donors (Lipinski definition) is 0. The van der Waals surface area contributed by atoms with Crippen LogP contribution in [0.2, 0.25) is 0 Å². The van der Waals surface area contributed by atoms with E-state index in [1.165, 1.54) is 29.6 Å². The van der Waals surface area contributed by atoms with E-state index >= 15 is 0 Å². The Morgan fingerprint density at radius 3 is 2.62 bits per heavy atom. The number of hydrogen-bond acceptors (Lipinski definition) is 5. The molecule has 5 rings (SSSR count). The van der Waals surface area contributed by atoms with Gasteiger partial charge in [0.15, 0.2) is 5.58 Å². The minimum Gasteiger partial charge on any atom is -0.497 e. The largest absolute Gasteiger partial charge is 0.497 e. The predicted octanol–water partition coefficient (Wildman–Crippen LogP) is 5.17. The second-order valence-corrected chi connectivity index (χ2v) is 9.55.